The van der Waals surface area contributed by atoms with Gasteiger partial charge in [-0.15, -0.1) is 0 Å². The number of carbonyl (C=O) groups excluding carboxylic acids is 1. The number of aryl methyl sites for hydroxylation is 1. The van der Waals surface area contributed by atoms with Crippen LogP contribution in [0, 0.1) is 6.92 Å². The number of rotatable bonds is 3. The van der Waals surface area contributed by atoms with Crippen molar-refractivity contribution in [2.75, 3.05) is 0 Å². The van der Waals surface area contributed by atoms with Crippen molar-refractivity contribution < 1.29 is 4.79 Å². The van der Waals surface area contributed by atoms with Gasteiger partial charge in [0.15, 0.2) is 0 Å². The van der Waals surface area contributed by atoms with Crippen LogP contribution in [0.15, 0.2) is 59.4 Å². The molecular formula is C22H19N3O2. The molecule has 5 heteroatoms. The molecule has 0 radical (unpaired) electrons. The Morgan fingerprint density at radius 1 is 1.00 bits per heavy atom. The van der Waals surface area contributed by atoms with E-state index in [0.717, 1.165) is 18.4 Å². The Labute approximate surface area is 155 Å². The fourth-order valence-electron chi connectivity index (χ4n) is 3.95. The average molecular weight is 357 g/mol. The highest BCUT2D eigenvalue weighted by atomic mass is 16.2. The Balaban J connectivity index is 1.54. The van der Waals surface area contributed by atoms with E-state index in [1.807, 2.05) is 31.2 Å². The highest BCUT2D eigenvalue weighted by molar-refractivity contribution is 6.00. The molecule has 1 aliphatic carbocycles. The maximum absolute atomic E-state index is 13.1. The second-order valence-corrected chi connectivity index (χ2v) is 7.35. The number of amides is 1. The zero-order chi connectivity index (χ0) is 18.6. The van der Waals surface area contributed by atoms with Crippen molar-refractivity contribution in [3.8, 4) is 0 Å². The predicted molar refractivity (Wildman–Crippen MR) is 106 cm³/mol. The van der Waals surface area contributed by atoms with E-state index < -0.39 is 0 Å². The summed E-state index contributed by atoms with van der Waals surface area (Å²) in [7, 11) is 0. The minimum atomic E-state index is -0.315. The molecule has 5 rings (SSSR count). The average Bonchev–Trinajstić information content (AvgIpc) is 3.34. The summed E-state index contributed by atoms with van der Waals surface area (Å²) in [6.07, 6.45) is 1.85. The van der Waals surface area contributed by atoms with Crippen LogP contribution in [0.1, 0.15) is 34.3 Å². The molecular weight excluding hydrogens is 338 g/mol. The molecule has 0 saturated heterocycles. The lowest BCUT2D eigenvalue weighted by Crippen LogP contribution is -2.35. The lowest BCUT2D eigenvalue weighted by atomic mass is 9.96. The van der Waals surface area contributed by atoms with Gasteiger partial charge in [0.2, 0.25) is 0 Å². The number of fused-ring (bicyclic) bond motifs is 2. The first-order valence-corrected chi connectivity index (χ1v) is 9.09. The number of aromatic nitrogens is 2. The first kappa shape index (κ1) is 15.9. The summed E-state index contributed by atoms with van der Waals surface area (Å²) in [5.41, 5.74) is 3.37. The third-order valence-electron chi connectivity index (χ3n) is 5.51. The molecule has 134 valence electrons. The molecule has 5 nitrogen and oxygen atoms in total. The normalized spacial score (nSPS) is 15.1. The van der Waals surface area contributed by atoms with Crippen LogP contribution in [-0.2, 0) is 5.54 Å². The maximum Gasteiger partial charge on any atom is 0.323 e. The molecule has 0 atom stereocenters. The number of H-pyrrole nitrogens is 2. The summed E-state index contributed by atoms with van der Waals surface area (Å²) >= 11 is 0. The highest BCUT2D eigenvalue weighted by Crippen LogP contribution is 2.48. The monoisotopic (exact) mass is 357 g/mol. The van der Waals surface area contributed by atoms with E-state index in [4.69, 9.17) is 0 Å². The van der Waals surface area contributed by atoms with Gasteiger partial charge in [0.1, 0.15) is 0 Å². The zero-order valence-electron chi connectivity index (χ0n) is 14.9. The number of nitrogens with one attached hydrogen (secondary N) is 3. The van der Waals surface area contributed by atoms with Gasteiger partial charge in [-0.1, -0.05) is 42.5 Å². The van der Waals surface area contributed by atoms with Crippen molar-refractivity contribution in [1.29, 1.82) is 0 Å². The van der Waals surface area contributed by atoms with Crippen molar-refractivity contribution in [1.82, 2.24) is 15.3 Å². The number of imidazole rings is 1. The summed E-state index contributed by atoms with van der Waals surface area (Å²) in [6.45, 7) is 1.89. The standard InChI is InChI=1S/C22H19N3O2/c1-13-11-18-19(24-21(27)23-18)12-16(13)20(26)25-22(9-10-22)17-8-4-6-14-5-2-3-7-15(14)17/h2-8,11-12H,9-10H2,1H3,(H,25,26)(H2,23,24,27). The zero-order valence-corrected chi connectivity index (χ0v) is 14.9. The van der Waals surface area contributed by atoms with Gasteiger partial charge in [0.25, 0.3) is 5.91 Å². The minimum absolute atomic E-state index is 0.109. The van der Waals surface area contributed by atoms with Gasteiger partial charge in [0.05, 0.1) is 16.6 Å². The van der Waals surface area contributed by atoms with Gasteiger partial charge in [-0.25, -0.2) is 4.79 Å². The number of hydrogen-bond acceptors (Lipinski definition) is 2. The van der Waals surface area contributed by atoms with Crippen LogP contribution in [0.25, 0.3) is 21.8 Å². The number of hydrogen-bond donors (Lipinski definition) is 3. The van der Waals surface area contributed by atoms with Crippen LogP contribution in [0.3, 0.4) is 0 Å². The molecule has 27 heavy (non-hydrogen) atoms. The number of benzene rings is 3. The van der Waals surface area contributed by atoms with Gasteiger partial charge in [-0.2, -0.15) is 0 Å². The lowest BCUT2D eigenvalue weighted by Gasteiger charge is -2.21. The van der Waals surface area contributed by atoms with Crippen LogP contribution in [0.2, 0.25) is 0 Å². The summed E-state index contributed by atoms with van der Waals surface area (Å²) in [5.74, 6) is -0.109. The van der Waals surface area contributed by atoms with E-state index in [9.17, 15) is 9.59 Å². The molecule has 1 heterocycles. The minimum Gasteiger partial charge on any atom is -0.342 e. The van der Waals surface area contributed by atoms with E-state index in [1.165, 1.54) is 16.3 Å². The third-order valence-corrected chi connectivity index (χ3v) is 5.51. The maximum atomic E-state index is 13.1. The van der Waals surface area contributed by atoms with Gasteiger partial charge in [-0.05, 0) is 53.8 Å². The molecule has 4 aromatic rings. The molecule has 3 aromatic carbocycles. The molecule has 1 amide bonds. The van der Waals surface area contributed by atoms with Crippen LogP contribution >= 0.6 is 0 Å². The van der Waals surface area contributed by atoms with Crippen LogP contribution in [-0.4, -0.2) is 15.9 Å². The smallest absolute Gasteiger partial charge is 0.323 e. The number of carbonyl (C=O) groups is 1. The molecule has 1 saturated carbocycles. The second-order valence-electron chi connectivity index (χ2n) is 7.35. The molecule has 0 aliphatic heterocycles. The quantitative estimate of drug-likeness (QED) is 0.522. The van der Waals surface area contributed by atoms with Crippen molar-refractivity contribution in [2.45, 2.75) is 25.3 Å². The lowest BCUT2D eigenvalue weighted by molar-refractivity contribution is 0.0930. The molecule has 0 spiro atoms. The highest BCUT2D eigenvalue weighted by Gasteiger charge is 2.46. The fourth-order valence-corrected chi connectivity index (χ4v) is 3.95. The van der Waals surface area contributed by atoms with E-state index in [-0.39, 0.29) is 17.1 Å². The molecule has 0 unspecified atom stereocenters. The summed E-state index contributed by atoms with van der Waals surface area (Å²) < 4.78 is 0. The molecule has 0 bridgehead atoms. The SMILES string of the molecule is Cc1cc2[nH]c(=O)[nH]c2cc1C(=O)NC1(c2cccc3ccccc23)CC1. The second kappa shape index (κ2) is 5.58. The Bertz CT molecular complexity index is 1260. The Kier molecular flexibility index (Phi) is 3.28. The molecule has 3 N–H and O–H groups in total. The molecule has 1 aromatic heterocycles. The predicted octanol–water partition coefficient (Wildman–Crippen LogP) is 3.74. The molecule has 1 fully saturated rings. The fraction of sp³-hybridized carbons (Fsp3) is 0.182. The Morgan fingerprint density at radius 3 is 2.48 bits per heavy atom. The van der Waals surface area contributed by atoms with Crippen LogP contribution < -0.4 is 11.0 Å². The van der Waals surface area contributed by atoms with E-state index in [2.05, 4.69) is 39.6 Å². The van der Waals surface area contributed by atoms with Crippen LogP contribution in [0.4, 0.5) is 0 Å². The topological polar surface area (TPSA) is 77.8 Å². The van der Waals surface area contributed by atoms with Gasteiger partial charge in [0, 0.05) is 5.56 Å². The largest absolute Gasteiger partial charge is 0.342 e. The Hall–Kier alpha value is -3.34. The third kappa shape index (κ3) is 2.54. The van der Waals surface area contributed by atoms with Gasteiger partial charge in [-0.3, -0.25) is 4.79 Å². The summed E-state index contributed by atoms with van der Waals surface area (Å²) in [4.78, 5) is 30.0. The van der Waals surface area contributed by atoms with Crippen LogP contribution in [0.5, 0.6) is 0 Å². The summed E-state index contributed by atoms with van der Waals surface area (Å²) in [6, 6.07) is 18.1. The summed E-state index contributed by atoms with van der Waals surface area (Å²) in [5, 5.41) is 5.62. The molecule has 1 aliphatic rings. The Morgan fingerprint density at radius 2 is 1.70 bits per heavy atom. The van der Waals surface area contributed by atoms with Crippen molar-refractivity contribution in [2.24, 2.45) is 0 Å². The van der Waals surface area contributed by atoms with E-state index in [0.29, 0.717) is 16.6 Å². The van der Waals surface area contributed by atoms with E-state index >= 15 is 0 Å². The van der Waals surface area contributed by atoms with Crippen molar-refractivity contribution >= 4 is 27.7 Å². The first-order valence-electron chi connectivity index (χ1n) is 9.09. The van der Waals surface area contributed by atoms with Crippen molar-refractivity contribution in [3.05, 3.63) is 81.8 Å². The first-order chi connectivity index (χ1) is 13.1. The van der Waals surface area contributed by atoms with Crippen molar-refractivity contribution in [3.63, 3.8) is 0 Å². The van der Waals surface area contributed by atoms with Gasteiger partial charge >= 0.3 is 5.69 Å². The van der Waals surface area contributed by atoms with Gasteiger partial charge < -0.3 is 15.3 Å². The number of aromatic amines is 2. The van der Waals surface area contributed by atoms with E-state index in [1.54, 1.807) is 6.07 Å².